The highest BCUT2D eigenvalue weighted by Crippen LogP contribution is 2.31. The third-order valence-corrected chi connectivity index (χ3v) is 5.04. The van der Waals surface area contributed by atoms with Crippen LogP contribution in [-0.2, 0) is 4.79 Å². The lowest BCUT2D eigenvalue weighted by Crippen LogP contribution is -2.53. The molecular weight excluding hydrogens is 321 g/mol. The number of halogens is 2. The molecule has 0 aromatic carbocycles. The molecule has 1 heterocycles. The van der Waals surface area contributed by atoms with E-state index in [2.05, 4.69) is 17.1 Å². The fourth-order valence-electron chi connectivity index (χ4n) is 3.74. The van der Waals surface area contributed by atoms with Gasteiger partial charge in [-0.05, 0) is 45.1 Å². The molecule has 132 valence electrons. The number of amides is 1. The number of nitrogens with one attached hydrogen (secondary N) is 1. The first-order valence-corrected chi connectivity index (χ1v) is 8.28. The summed E-state index contributed by atoms with van der Waals surface area (Å²) >= 11 is 0. The van der Waals surface area contributed by atoms with Gasteiger partial charge in [0, 0.05) is 25.2 Å². The minimum absolute atomic E-state index is 0. The van der Waals surface area contributed by atoms with Gasteiger partial charge in [0.25, 0.3) is 0 Å². The number of carbonyl (C=O) groups is 1. The molecular formula is C16H33Cl2N3O. The minimum Gasteiger partial charge on any atom is -0.355 e. The van der Waals surface area contributed by atoms with Crippen LogP contribution in [0, 0.1) is 11.8 Å². The van der Waals surface area contributed by atoms with Crippen molar-refractivity contribution in [2.24, 2.45) is 17.6 Å². The van der Waals surface area contributed by atoms with E-state index in [-0.39, 0.29) is 42.2 Å². The fraction of sp³-hybridized carbons (Fsp3) is 0.938. The van der Waals surface area contributed by atoms with E-state index in [9.17, 15) is 4.79 Å². The summed E-state index contributed by atoms with van der Waals surface area (Å²) in [7, 11) is 0. The van der Waals surface area contributed by atoms with Crippen molar-refractivity contribution in [1.82, 2.24) is 10.2 Å². The molecule has 1 aliphatic heterocycles. The molecule has 6 heteroatoms. The van der Waals surface area contributed by atoms with Crippen LogP contribution in [0.2, 0.25) is 0 Å². The molecule has 0 aromatic rings. The molecule has 3 N–H and O–H groups in total. The highest BCUT2D eigenvalue weighted by atomic mass is 35.5. The molecule has 0 spiro atoms. The van der Waals surface area contributed by atoms with Gasteiger partial charge in [-0.2, -0.15) is 0 Å². The lowest BCUT2D eigenvalue weighted by Gasteiger charge is -2.37. The van der Waals surface area contributed by atoms with Crippen molar-refractivity contribution < 1.29 is 4.79 Å². The second kappa shape index (κ2) is 9.96. The van der Waals surface area contributed by atoms with Crippen LogP contribution in [0.25, 0.3) is 0 Å². The van der Waals surface area contributed by atoms with E-state index >= 15 is 0 Å². The predicted molar refractivity (Wildman–Crippen MR) is 96.9 cm³/mol. The summed E-state index contributed by atoms with van der Waals surface area (Å²) in [6.07, 6.45) is 6.83. The van der Waals surface area contributed by atoms with E-state index in [1.165, 1.54) is 25.9 Å². The number of hydrogen-bond donors (Lipinski definition) is 2. The Hall–Kier alpha value is -0.0300. The summed E-state index contributed by atoms with van der Waals surface area (Å²) in [5.74, 6) is 0.960. The van der Waals surface area contributed by atoms with Crippen molar-refractivity contribution >= 4 is 30.7 Å². The zero-order valence-corrected chi connectivity index (χ0v) is 15.6. The highest BCUT2D eigenvalue weighted by Gasteiger charge is 2.37. The molecule has 0 aromatic heterocycles. The molecule has 1 saturated carbocycles. The lowest BCUT2D eigenvalue weighted by molar-refractivity contribution is -0.128. The van der Waals surface area contributed by atoms with Crippen LogP contribution in [-0.4, -0.2) is 42.5 Å². The van der Waals surface area contributed by atoms with E-state index in [0.29, 0.717) is 0 Å². The molecule has 3 unspecified atom stereocenters. The van der Waals surface area contributed by atoms with E-state index in [1.54, 1.807) is 0 Å². The van der Waals surface area contributed by atoms with Crippen molar-refractivity contribution in [3.05, 3.63) is 0 Å². The van der Waals surface area contributed by atoms with Crippen LogP contribution in [0.4, 0.5) is 0 Å². The number of piperidine rings is 1. The third kappa shape index (κ3) is 6.23. The number of nitrogens with two attached hydrogens (primary N) is 1. The van der Waals surface area contributed by atoms with Gasteiger partial charge in [-0.3, -0.25) is 4.79 Å². The second-order valence-electron chi connectivity index (χ2n) is 7.14. The number of carbonyl (C=O) groups excluding carboxylic acids is 1. The monoisotopic (exact) mass is 353 g/mol. The Morgan fingerprint density at radius 1 is 1.27 bits per heavy atom. The van der Waals surface area contributed by atoms with Gasteiger partial charge >= 0.3 is 0 Å². The molecule has 2 fully saturated rings. The normalized spacial score (nSPS) is 32.5. The number of likely N-dealkylation sites (tertiary alicyclic amines) is 1. The lowest BCUT2D eigenvalue weighted by atomic mass is 9.74. The minimum atomic E-state index is -0.317. The number of nitrogens with zero attached hydrogens (tertiary/aromatic N) is 1. The van der Waals surface area contributed by atoms with Crippen molar-refractivity contribution in [3.8, 4) is 0 Å². The van der Waals surface area contributed by atoms with Crippen LogP contribution in [0.15, 0.2) is 0 Å². The van der Waals surface area contributed by atoms with Crippen molar-refractivity contribution in [2.45, 2.75) is 57.9 Å². The second-order valence-corrected chi connectivity index (χ2v) is 7.14. The zero-order valence-electron chi connectivity index (χ0n) is 14.0. The van der Waals surface area contributed by atoms with E-state index in [1.807, 2.05) is 6.92 Å². The Kier molecular flexibility index (Phi) is 9.95. The largest absolute Gasteiger partial charge is 0.355 e. The maximum absolute atomic E-state index is 12.3. The van der Waals surface area contributed by atoms with Crippen molar-refractivity contribution in [3.63, 3.8) is 0 Å². The Morgan fingerprint density at radius 3 is 2.64 bits per heavy atom. The van der Waals surface area contributed by atoms with Gasteiger partial charge in [0.2, 0.25) is 5.91 Å². The van der Waals surface area contributed by atoms with E-state index < -0.39 is 0 Å². The summed E-state index contributed by atoms with van der Waals surface area (Å²) in [5.41, 5.74) is 5.97. The molecule has 0 radical (unpaired) electrons. The first-order chi connectivity index (χ1) is 9.49. The molecule has 22 heavy (non-hydrogen) atoms. The topological polar surface area (TPSA) is 58.4 Å². The summed E-state index contributed by atoms with van der Waals surface area (Å²) in [6.45, 7) is 8.43. The maximum atomic E-state index is 12.3. The van der Waals surface area contributed by atoms with E-state index in [0.717, 1.165) is 44.7 Å². The van der Waals surface area contributed by atoms with Crippen LogP contribution in [0.1, 0.15) is 52.4 Å². The zero-order chi connectivity index (χ0) is 14.6. The molecule has 1 amide bonds. The Balaban J connectivity index is 0.00000220. The van der Waals surface area contributed by atoms with E-state index in [4.69, 9.17) is 5.73 Å². The average molecular weight is 354 g/mol. The quantitative estimate of drug-likeness (QED) is 0.816. The van der Waals surface area contributed by atoms with Gasteiger partial charge < -0.3 is 16.0 Å². The van der Waals surface area contributed by atoms with Gasteiger partial charge in [-0.25, -0.2) is 0 Å². The smallest absolute Gasteiger partial charge is 0.225 e. The van der Waals surface area contributed by atoms with Crippen LogP contribution < -0.4 is 11.1 Å². The molecule has 1 saturated heterocycles. The van der Waals surface area contributed by atoms with Gasteiger partial charge in [0.15, 0.2) is 0 Å². The van der Waals surface area contributed by atoms with Gasteiger partial charge in [-0.1, -0.05) is 19.8 Å². The molecule has 1 aliphatic carbocycles. The van der Waals surface area contributed by atoms with Crippen LogP contribution in [0.3, 0.4) is 0 Å². The summed E-state index contributed by atoms with van der Waals surface area (Å²) < 4.78 is 0. The Morgan fingerprint density at radius 2 is 2.00 bits per heavy atom. The molecule has 4 nitrogen and oxygen atoms in total. The standard InChI is InChI=1S/C16H31N3O.2ClH/c1-13-6-5-10-19(12-13)11-9-18-15(20)14-7-3-4-8-16(14,2)17;;/h13-14H,3-12,17H2,1-2H3,(H,18,20);2*1H. The van der Waals surface area contributed by atoms with Gasteiger partial charge in [0.1, 0.15) is 0 Å². The van der Waals surface area contributed by atoms with Gasteiger partial charge in [0.05, 0.1) is 5.92 Å². The van der Waals surface area contributed by atoms with Crippen molar-refractivity contribution in [2.75, 3.05) is 26.2 Å². The van der Waals surface area contributed by atoms with Crippen molar-refractivity contribution in [1.29, 1.82) is 0 Å². The summed E-state index contributed by atoms with van der Waals surface area (Å²) in [6, 6.07) is 0. The van der Waals surface area contributed by atoms with Gasteiger partial charge in [-0.15, -0.1) is 24.8 Å². The highest BCUT2D eigenvalue weighted by molar-refractivity contribution is 5.85. The Bertz CT molecular complexity index is 339. The Labute approximate surface area is 147 Å². The molecule has 2 rings (SSSR count). The average Bonchev–Trinajstić information content (AvgIpc) is 2.38. The third-order valence-electron chi connectivity index (χ3n) is 5.04. The molecule has 3 atom stereocenters. The first kappa shape index (κ1) is 22.0. The summed E-state index contributed by atoms with van der Waals surface area (Å²) in [5, 5.41) is 3.11. The summed E-state index contributed by atoms with van der Waals surface area (Å²) in [4.78, 5) is 14.8. The predicted octanol–water partition coefficient (Wildman–Crippen LogP) is 2.59. The fourth-order valence-corrected chi connectivity index (χ4v) is 3.74. The molecule has 2 aliphatic rings. The first-order valence-electron chi connectivity index (χ1n) is 8.28. The number of hydrogen-bond acceptors (Lipinski definition) is 3. The van der Waals surface area contributed by atoms with Crippen LogP contribution >= 0.6 is 24.8 Å². The van der Waals surface area contributed by atoms with Crippen LogP contribution in [0.5, 0.6) is 0 Å². The SMILES string of the molecule is CC1CCCN(CCNC(=O)C2CCCCC2(C)N)C1.Cl.Cl. The maximum Gasteiger partial charge on any atom is 0.225 e. The molecule has 0 bridgehead atoms. The number of rotatable bonds is 4.